The molecule has 4 heteroatoms. The van der Waals surface area contributed by atoms with Gasteiger partial charge < -0.3 is 10.6 Å². The molecule has 0 aliphatic carbocycles. The van der Waals surface area contributed by atoms with Crippen molar-refractivity contribution < 1.29 is 9.18 Å². The summed E-state index contributed by atoms with van der Waals surface area (Å²) in [6, 6.07) is 4.76. The Morgan fingerprint density at radius 3 is 2.67 bits per heavy atom. The molecule has 1 rings (SSSR count). The highest BCUT2D eigenvalue weighted by molar-refractivity contribution is 5.72. The summed E-state index contributed by atoms with van der Waals surface area (Å²) in [5, 5.41) is 5.68. The molecular weight excluding hydrogens is 195 g/mol. The molecule has 0 heterocycles. The minimum atomic E-state index is -0.253. The van der Waals surface area contributed by atoms with E-state index in [0.29, 0.717) is 13.1 Å². The van der Waals surface area contributed by atoms with E-state index in [1.54, 1.807) is 0 Å². The predicted octanol–water partition coefficient (Wildman–Crippen LogP) is 1.68. The van der Waals surface area contributed by atoms with Crippen LogP contribution in [-0.2, 0) is 4.79 Å². The Kier molecular flexibility index (Phi) is 4.09. The van der Waals surface area contributed by atoms with E-state index in [0.717, 1.165) is 11.3 Å². The lowest BCUT2D eigenvalue weighted by Gasteiger charge is -2.07. The predicted molar refractivity (Wildman–Crippen MR) is 58.3 cm³/mol. The van der Waals surface area contributed by atoms with E-state index in [2.05, 4.69) is 10.6 Å². The Hall–Kier alpha value is -1.58. The van der Waals surface area contributed by atoms with Crippen molar-refractivity contribution in [2.75, 3.05) is 18.4 Å². The second kappa shape index (κ2) is 5.34. The number of benzene rings is 1. The highest BCUT2D eigenvalue weighted by Gasteiger charge is 1.97. The van der Waals surface area contributed by atoms with Crippen molar-refractivity contribution in [1.82, 2.24) is 5.32 Å². The van der Waals surface area contributed by atoms with Crippen LogP contribution in [0.25, 0.3) is 0 Å². The van der Waals surface area contributed by atoms with Crippen LogP contribution in [0.4, 0.5) is 10.1 Å². The van der Waals surface area contributed by atoms with Crippen molar-refractivity contribution in [1.29, 1.82) is 0 Å². The molecule has 0 aliphatic heterocycles. The van der Waals surface area contributed by atoms with E-state index in [9.17, 15) is 9.18 Å². The van der Waals surface area contributed by atoms with E-state index >= 15 is 0 Å². The number of rotatable bonds is 4. The molecule has 0 aliphatic rings. The normalized spacial score (nSPS) is 9.80. The molecule has 82 valence electrons. The Morgan fingerprint density at radius 1 is 1.33 bits per heavy atom. The minimum Gasteiger partial charge on any atom is -0.383 e. The number of nitrogens with one attached hydrogen (secondary N) is 2. The third kappa shape index (κ3) is 4.44. The third-order valence-electron chi connectivity index (χ3n) is 1.87. The minimum absolute atomic E-state index is 0.0628. The fourth-order valence-electron chi connectivity index (χ4n) is 1.28. The number of anilines is 1. The van der Waals surface area contributed by atoms with Gasteiger partial charge in [0, 0.05) is 25.7 Å². The van der Waals surface area contributed by atoms with Crippen LogP contribution >= 0.6 is 0 Å². The lowest BCUT2D eigenvalue weighted by Crippen LogP contribution is -2.26. The maximum atomic E-state index is 13.0. The standard InChI is InChI=1S/C11H15FN2O/c1-8-5-10(12)7-11(6-8)14-4-3-13-9(2)15/h5-7,14H,3-4H2,1-2H3,(H,13,15). The van der Waals surface area contributed by atoms with E-state index < -0.39 is 0 Å². The molecule has 0 radical (unpaired) electrons. The lowest BCUT2D eigenvalue weighted by atomic mass is 10.2. The summed E-state index contributed by atoms with van der Waals surface area (Å²) < 4.78 is 13.0. The topological polar surface area (TPSA) is 41.1 Å². The first-order valence-electron chi connectivity index (χ1n) is 4.83. The second-order valence-corrected chi connectivity index (χ2v) is 3.43. The molecule has 0 atom stereocenters. The highest BCUT2D eigenvalue weighted by Crippen LogP contribution is 2.12. The zero-order chi connectivity index (χ0) is 11.3. The van der Waals surface area contributed by atoms with Gasteiger partial charge in [0.25, 0.3) is 0 Å². The third-order valence-corrected chi connectivity index (χ3v) is 1.87. The largest absolute Gasteiger partial charge is 0.383 e. The Bertz CT molecular complexity index is 332. The number of carbonyl (C=O) groups is 1. The number of carbonyl (C=O) groups excluding carboxylic acids is 1. The summed E-state index contributed by atoms with van der Waals surface area (Å²) in [4.78, 5) is 10.6. The maximum absolute atomic E-state index is 13.0. The van der Waals surface area contributed by atoms with Crippen molar-refractivity contribution in [2.45, 2.75) is 13.8 Å². The SMILES string of the molecule is CC(=O)NCCNc1cc(C)cc(F)c1. The summed E-state index contributed by atoms with van der Waals surface area (Å²) in [6.07, 6.45) is 0. The zero-order valence-corrected chi connectivity index (χ0v) is 8.93. The highest BCUT2D eigenvalue weighted by atomic mass is 19.1. The monoisotopic (exact) mass is 210 g/mol. The lowest BCUT2D eigenvalue weighted by molar-refractivity contribution is -0.118. The molecule has 0 aromatic heterocycles. The summed E-state index contributed by atoms with van der Waals surface area (Å²) >= 11 is 0. The molecule has 3 nitrogen and oxygen atoms in total. The second-order valence-electron chi connectivity index (χ2n) is 3.43. The van der Waals surface area contributed by atoms with Crippen LogP contribution in [0.1, 0.15) is 12.5 Å². The summed E-state index contributed by atoms with van der Waals surface area (Å²) in [5.74, 6) is -0.316. The van der Waals surface area contributed by atoms with Crippen LogP contribution in [-0.4, -0.2) is 19.0 Å². The Balaban J connectivity index is 2.40. The summed E-state index contributed by atoms with van der Waals surface area (Å²) in [5.41, 5.74) is 1.61. The van der Waals surface area contributed by atoms with Gasteiger partial charge >= 0.3 is 0 Å². The number of aryl methyl sites for hydroxylation is 1. The number of hydrogen-bond donors (Lipinski definition) is 2. The molecule has 1 aromatic carbocycles. The number of hydrogen-bond acceptors (Lipinski definition) is 2. The smallest absolute Gasteiger partial charge is 0.216 e. The van der Waals surface area contributed by atoms with Crippen LogP contribution in [0.5, 0.6) is 0 Å². The van der Waals surface area contributed by atoms with Crippen molar-refractivity contribution in [3.05, 3.63) is 29.6 Å². The van der Waals surface area contributed by atoms with Crippen molar-refractivity contribution in [3.8, 4) is 0 Å². The maximum Gasteiger partial charge on any atom is 0.216 e. The zero-order valence-electron chi connectivity index (χ0n) is 8.93. The quantitative estimate of drug-likeness (QED) is 0.742. The molecular formula is C11H15FN2O. The van der Waals surface area contributed by atoms with Crippen LogP contribution in [0.15, 0.2) is 18.2 Å². The van der Waals surface area contributed by atoms with Gasteiger partial charge in [-0.3, -0.25) is 4.79 Å². The van der Waals surface area contributed by atoms with Crippen LogP contribution in [0, 0.1) is 12.7 Å². The number of amides is 1. The first-order valence-corrected chi connectivity index (χ1v) is 4.83. The van der Waals surface area contributed by atoms with Crippen molar-refractivity contribution in [2.24, 2.45) is 0 Å². The molecule has 0 bridgehead atoms. The average Bonchev–Trinajstić information content (AvgIpc) is 2.10. The fourth-order valence-corrected chi connectivity index (χ4v) is 1.28. The molecule has 15 heavy (non-hydrogen) atoms. The Morgan fingerprint density at radius 2 is 2.07 bits per heavy atom. The summed E-state index contributed by atoms with van der Waals surface area (Å²) in [6.45, 7) is 4.42. The van der Waals surface area contributed by atoms with E-state index in [4.69, 9.17) is 0 Å². The summed E-state index contributed by atoms with van der Waals surface area (Å²) in [7, 11) is 0. The first kappa shape index (κ1) is 11.5. The molecule has 1 amide bonds. The van der Waals surface area contributed by atoms with Gasteiger partial charge in [0.15, 0.2) is 0 Å². The van der Waals surface area contributed by atoms with Gasteiger partial charge in [0.1, 0.15) is 5.82 Å². The molecule has 0 saturated carbocycles. The first-order chi connectivity index (χ1) is 7.08. The molecule has 0 fully saturated rings. The van der Waals surface area contributed by atoms with Crippen LogP contribution < -0.4 is 10.6 Å². The number of halogens is 1. The van der Waals surface area contributed by atoms with Gasteiger partial charge in [-0.2, -0.15) is 0 Å². The van der Waals surface area contributed by atoms with Crippen molar-refractivity contribution >= 4 is 11.6 Å². The molecule has 0 saturated heterocycles. The fraction of sp³-hybridized carbons (Fsp3) is 0.364. The van der Waals surface area contributed by atoms with Gasteiger partial charge in [-0.25, -0.2) is 4.39 Å². The van der Waals surface area contributed by atoms with Gasteiger partial charge in [-0.1, -0.05) is 0 Å². The van der Waals surface area contributed by atoms with Gasteiger partial charge in [0.05, 0.1) is 0 Å². The van der Waals surface area contributed by atoms with Crippen LogP contribution in [0.3, 0.4) is 0 Å². The van der Waals surface area contributed by atoms with E-state index in [1.807, 2.05) is 13.0 Å². The van der Waals surface area contributed by atoms with Gasteiger partial charge in [0.2, 0.25) is 5.91 Å². The van der Waals surface area contributed by atoms with Crippen LogP contribution in [0.2, 0.25) is 0 Å². The molecule has 0 spiro atoms. The molecule has 1 aromatic rings. The molecule has 0 unspecified atom stereocenters. The van der Waals surface area contributed by atoms with Crippen molar-refractivity contribution in [3.63, 3.8) is 0 Å². The average molecular weight is 210 g/mol. The van der Waals surface area contributed by atoms with E-state index in [1.165, 1.54) is 19.1 Å². The van der Waals surface area contributed by atoms with Gasteiger partial charge in [-0.15, -0.1) is 0 Å². The Labute approximate surface area is 88.7 Å². The van der Waals surface area contributed by atoms with Gasteiger partial charge in [-0.05, 0) is 30.7 Å². The van der Waals surface area contributed by atoms with E-state index in [-0.39, 0.29) is 11.7 Å². The molecule has 2 N–H and O–H groups in total.